The predicted molar refractivity (Wildman–Crippen MR) is 92.3 cm³/mol. The third kappa shape index (κ3) is 4.13. The summed E-state index contributed by atoms with van der Waals surface area (Å²) in [7, 11) is 1.81. The first-order chi connectivity index (χ1) is 11.4. The third-order valence-corrected chi connectivity index (χ3v) is 5.22. The van der Waals surface area contributed by atoms with Crippen molar-refractivity contribution in [3.63, 3.8) is 0 Å². The molecule has 0 radical (unpaired) electrons. The van der Waals surface area contributed by atoms with Gasteiger partial charge in [-0.1, -0.05) is 23.2 Å². The maximum Gasteiger partial charge on any atom is 0.253 e. The molecule has 1 aromatic carbocycles. The van der Waals surface area contributed by atoms with Crippen LogP contribution in [0.25, 0.3) is 0 Å². The molecule has 0 aromatic heterocycles. The van der Waals surface area contributed by atoms with Crippen LogP contribution in [0, 0.1) is 5.92 Å². The van der Waals surface area contributed by atoms with E-state index >= 15 is 0 Å². The number of benzene rings is 1. The number of nitrogens with one attached hydrogen (secondary N) is 1. The summed E-state index contributed by atoms with van der Waals surface area (Å²) < 4.78 is 0. The smallest absolute Gasteiger partial charge is 0.253 e. The number of rotatable bonds is 5. The zero-order valence-corrected chi connectivity index (χ0v) is 14.9. The minimum atomic E-state index is -1.36. The van der Waals surface area contributed by atoms with Crippen molar-refractivity contribution in [2.24, 2.45) is 5.92 Å². The van der Waals surface area contributed by atoms with Gasteiger partial charge in [-0.2, -0.15) is 0 Å². The number of aliphatic hydroxyl groups is 2. The van der Waals surface area contributed by atoms with Gasteiger partial charge in [-0.05, 0) is 31.9 Å². The summed E-state index contributed by atoms with van der Waals surface area (Å²) in [5, 5.41) is 32.4. The molecule has 0 bridgehead atoms. The van der Waals surface area contributed by atoms with Crippen LogP contribution in [0.3, 0.4) is 0 Å². The van der Waals surface area contributed by atoms with Gasteiger partial charge in [0.15, 0.2) is 6.10 Å². The van der Waals surface area contributed by atoms with Crippen LogP contribution in [-0.2, 0) is 4.79 Å². The Morgan fingerprint density at radius 3 is 2.46 bits per heavy atom. The SMILES string of the molecule is CNC(c1cc(Cl)c(Cl)cc1O)C1CCN(C(=O)C(O)CO)CC1. The number of aromatic hydroxyl groups is 1. The number of phenols is 1. The van der Waals surface area contributed by atoms with Gasteiger partial charge in [0, 0.05) is 30.8 Å². The lowest BCUT2D eigenvalue weighted by atomic mass is 9.85. The van der Waals surface area contributed by atoms with Crippen LogP contribution < -0.4 is 5.32 Å². The molecule has 6 nitrogen and oxygen atoms in total. The van der Waals surface area contributed by atoms with Crippen molar-refractivity contribution in [1.29, 1.82) is 0 Å². The Balaban J connectivity index is 2.09. The van der Waals surface area contributed by atoms with Crippen molar-refractivity contribution >= 4 is 29.1 Å². The van der Waals surface area contributed by atoms with Crippen LogP contribution >= 0.6 is 23.2 Å². The molecule has 0 aliphatic carbocycles. The molecular formula is C16H22Cl2N2O4. The number of amides is 1. The first kappa shape index (κ1) is 19.3. The second-order valence-electron chi connectivity index (χ2n) is 5.95. The lowest BCUT2D eigenvalue weighted by Gasteiger charge is -2.37. The van der Waals surface area contributed by atoms with Crippen molar-refractivity contribution in [1.82, 2.24) is 10.2 Å². The molecule has 2 atom stereocenters. The molecule has 1 aliphatic rings. The van der Waals surface area contributed by atoms with Crippen LogP contribution in [0.4, 0.5) is 0 Å². The van der Waals surface area contributed by atoms with E-state index in [1.807, 2.05) is 0 Å². The van der Waals surface area contributed by atoms with E-state index in [0.29, 0.717) is 41.5 Å². The molecule has 2 rings (SSSR count). The Bertz CT molecular complexity index is 592. The fourth-order valence-corrected chi connectivity index (χ4v) is 3.52. The van der Waals surface area contributed by atoms with E-state index in [2.05, 4.69) is 5.32 Å². The standard InChI is InChI=1S/C16H22Cl2N2O4/c1-19-15(10-6-11(17)12(18)7-13(10)22)9-2-4-20(5-3-9)16(24)14(23)8-21/h6-7,9,14-15,19,21-23H,2-5,8H2,1H3. The number of nitrogens with zero attached hydrogens (tertiary/aromatic N) is 1. The fourth-order valence-electron chi connectivity index (χ4n) is 3.19. The summed E-state index contributed by atoms with van der Waals surface area (Å²) >= 11 is 12.0. The highest BCUT2D eigenvalue weighted by Crippen LogP contribution is 2.38. The number of hydrogen-bond donors (Lipinski definition) is 4. The van der Waals surface area contributed by atoms with Crippen molar-refractivity contribution in [2.45, 2.75) is 25.0 Å². The Labute approximate surface area is 151 Å². The molecule has 1 heterocycles. The highest BCUT2D eigenvalue weighted by Gasteiger charge is 2.32. The summed E-state index contributed by atoms with van der Waals surface area (Å²) in [6, 6.07) is 2.97. The van der Waals surface area contributed by atoms with Gasteiger partial charge in [0.1, 0.15) is 5.75 Å². The predicted octanol–water partition coefficient (Wildman–Crippen LogP) is 1.55. The first-order valence-electron chi connectivity index (χ1n) is 7.81. The number of piperidine rings is 1. The van der Waals surface area contributed by atoms with Gasteiger partial charge in [-0.3, -0.25) is 4.79 Å². The summed E-state index contributed by atoms with van der Waals surface area (Å²) in [5.41, 5.74) is 0.673. The molecule has 1 aliphatic heterocycles. The maximum atomic E-state index is 11.9. The van der Waals surface area contributed by atoms with Crippen LogP contribution in [0.15, 0.2) is 12.1 Å². The lowest BCUT2D eigenvalue weighted by molar-refractivity contribution is -0.143. The molecular weight excluding hydrogens is 355 g/mol. The van der Waals surface area contributed by atoms with Crippen molar-refractivity contribution in [3.05, 3.63) is 27.7 Å². The van der Waals surface area contributed by atoms with Crippen LogP contribution in [0.2, 0.25) is 10.0 Å². The molecule has 1 aromatic rings. The zero-order chi connectivity index (χ0) is 17.9. The van der Waals surface area contributed by atoms with Gasteiger partial charge in [-0.15, -0.1) is 0 Å². The number of carbonyl (C=O) groups is 1. The first-order valence-corrected chi connectivity index (χ1v) is 8.57. The van der Waals surface area contributed by atoms with Gasteiger partial charge in [-0.25, -0.2) is 0 Å². The van der Waals surface area contributed by atoms with Crippen molar-refractivity contribution in [2.75, 3.05) is 26.7 Å². The molecule has 134 valence electrons. The van der Waals surface area contributed by atoms with E-state index in [1.54, 1.807) is 18.0 Å². The van der Waals surface area contributed by atoms with E-state index in [0.717, 1.165) is 0 Å². The largest absolute Gasteiger partial charge is 0.508 e. The second-order valence-corrected chi connectivity index (χ2v) is 6.77. The zero-order valence-electron chi connectivity index (χ0n) is 13.4. The number of phenolic OH excluding ortho intramolecular Hbond substituents is 1. The minimum absolute atomic E-state index is 0.0814. The van der Waals surface area contributed by atoms with Gasteiger partial charge in [0.2, 0.25) is 0 Å². The summed E-state index contributed by atoms with van der Waals surface area (Å²) in [6.07, 6.45) is 0.0465. The summed E-state index contributed by atoms with van der Waals surface area (Å²) in [5.74, 6) is -0.180. The van der Waals surface area contributed by atoms with E-state index < -0.39 is 18.6 Å². The maximum absolute atomic E-state index is 11.9. The molecule has 0 spiro atoms. The van der Waals surface area contributed by atoms with Gasteiger partial charge >= 0.3 is 0 Å². The van der Waals surface area contributed by atoms with E-state index in [1.165, 1.54) is 6.07 Å². The number of likely N-dealkylation sites (tertiary alicyclic amines) is 1. The second kappa shape index (κ2) is 8.36. The topological polar surface area (TPSA) is 93.0 Å². The molecule has 24 heavy (non-hydrogen) atoms. The summed E-state index contributed by atoms with van der Waals surface area (Å²) in [4.78, 5) is 13.5. The van der Waals surface area contributed by atoms with E-state index in [-0.39, 0.29) is 17.7 Å². The molecule has 1 saturated heterocycles. The van der Waals surface area contributed by atoms with Crippen molar-refractivity contribution in [3.8, 4) is 5.75 Å². The van der Waals surface area contributed by atoms with Gasteiger partial charge < -0.3 is 25.5 Å². The Hall–Kier alpha value is -1.05. The third-order valence-electron chi connectivity index (χ3n) is 4.50. The highest BCUT2D eigenvalue weighted by atomic mass is 35.5. The number of halogens is 2. The molecule has 1 fully saturated rings. The lowest BCUT2D eigenvalue weighted by Crippen LogP contribution is -2.46. The quantitative estimate of drug-likeness (QED) is 0.625. The monoisotopic (exact) mass is 376 g/mol. The molecule has 4 N–H and O–H groups in total. The van der Waals surface area contributed by atoms with Crippen LogP contribution in [0.1, 0.15) is 24.4 Å². The van der Waals surface area contributed by atoms with Crippen LogP contribution in [-0.4, -0.2) is 59.0 Å². The van der Waals surface area contributed by atoms with E-state index in [4.69, 9.17) is 28.3 Å². The van der Waals surface area contributed by atoms with Gasteiger partial charge in [0.25, 0.3) is 5.91 Å². The highest BCUT2D eigenvalue weighted by molar-refractivity contribution is 6.42. The molecule has 2 unspecified atom stereocenters. The number of carbonyl (C=O) groups excluding carboxylic acids is 1. The van der Waals surface area contributed by atoms with Crippen molar-refractivity contribution < 1.29 is 20.1 Å². The normalized spacial score (nSPS) is 18.5. The Kier molecular flexibility index (Phi) is 6.71. The van der Waals surface area contributed by atoms with Crippen LogP contribution in [0.5, 0.6) is 5.75 Å². The van der Waals surface area contributed by atoms with E-state index in [9.17, 15) is 15.0 Å². The average Bonchev–Trinajstić information content (AvgIpc) is 2.59. The molecule has 1 amide bonds. The Morgan fingerprint density at radius 1 is 1.33 bits per heavy atom. The molecule has 8 heteroatoms. The fraction of sp³-hybridized carbons (Fsp3) is 0.562. The molecule has 0 saturated carbocycles. The average molecular weight is 377 g/mol. The van der Waals surface area contributed by atoms with Gasteiger partial charge in [0.05, 0.1) is 16.7 Å². The number of hydrogen-bond acceptors (Lipinski definition) is 5. The Morgan fingerprint density at radius 2 is 1.92 bits per heavy atom. The number of aliphatic hydroxyl groups excluding tert-OH is 2. The minimum Gasteiger partial charge on any atom is -0.508 e. The summed E-state index contributed by atoms with van der Waals surface area (Å²) in [6.45, 7) is 0.400.